The molecular formula is C15H16Cl2N2. The fourth-order valence-electron chi connectivity index (χ4n) is 1.99. The van der Waals surface area contributed by atoms with Gasteiger partial charge in [-0.2, -0.15) is 0 Å². The van der Waals surface area contributed by atoms with E-state index in [-0.39, 0.29) is 6.04 Å². The molecule has 0 amide bonds. The van der Waals surface area contributed by atoms with E-state index in [9.17, 15) is 0 Å². The van der Waals surface area contributed by atoms with Gasteiger partial charge in [-0.05, 0) is 42.7 Å². The van der Waals surface area contributed by atoms with Crippen molar-refractivity contribution in [3.63, 3.8) is 0 Å². The number of benzene rings is 1. The number of nitrogens with zero attached hydrogens (tertiary/aromatic N) is 1. The van der Waals surface area contributed by atoms with Crippen LogP contribution in [-0.2, 0) is 0 Å². The molecule has 1 unspecified atom stereocenters. The maximum absolute atomic E-state index is 6.12. The largest absolute Gasteiger partial charge is 0.376 e. The molecule has 1 atom stereocenters. The lowest BCUT2D eigenvalue weighted by Crippen LogP contribution is -2.10. The Morgan fingerprint density at radius 1 is 1.26 bits per heavy atom. The molecule has 0 saturated carbocycles. The van der Waals surface area contributed by atoms with Crippen molar-refractivity contribution in [1.82, 2.24) is 4.98 Å². The number of rotatable bonds is 4. The second-order valence-electron chi connectivity index (χ2n) is 4.51. The molecule has 0 fully saturated rings. The summed E-state index contributed by atoms with van der Waals surface area (Å²) in [4.78, 5) is 4.15. The summed E-state index contributed by atoms with van der Waals surface area (Å²) in [5.41, 5.74) is 3.08. The third kappa shape index (κ3) is 3.62. The molecule has 2 nitrogen and oxygen atoms in total. The first-order valence-electron chi connectivity index (χ1n) is 6.24. The number of halogens is 2. The molecule has 1 heterocycles. The molecule has 2 aromatic rings. The van der Waals surface area contributed by atoms with Gasteiger partial charge in [0, 0.05) is 11.2 Å². The van der Waals surface area contributed by atoms with Gasteiger partial charge in [0.25, 0.3) is 0 Å². The molecule has 19 heavy (non-hydrogen) atoms. The highest BCUT2D eigenvalue weighted by molar-refractivity contribution is 6.32. The summed E-state index contributed by atoms with van der Waals surface area (Å²) in [6.07, 6.45) is 2.69. The molecule has 0 aliphatic heterocycles. The third-order valence-corrected chi connectivity index (χ3v) is 3.50. The summed E-state index contributed by atoms with van der Waals surface area (Å²) in [6, 6.07) is 10.0. The minimum atomic E-state index is 0.166. The van der Waals surface area contributed by atoms with E-state index in [0.29, 0.717) is 5.15 Å². The summed E-state index contributed by atoms with van der Waals surface area (Å²) < 4.78 is 0. The van der Waals surface area contributed by atoms with Gasteiger partial charge in [0.1, 0.15) is 0 Å². The molecule has 0 saturated heterocycles. The predicted octanol–water partition coefficient (Wildman–Crippen LogP) is 5.26. The van der Waals surface area contributed by atoms with Crippen molar-refractivity contribution in [3.8, 4) is 0 Å². The Hall–Kier alpha value is -1.25. The molecule has 1 N–H and O–H groups in total. The highest BCUT2D eigenvalue weighted by atomic mass is 35.5. The second-order valence-corrected chi connectivity index (χ2v) is 5.31. The SMILES string of the molecule is CCC(Nc1cc(C)cnc1Cl)c1cccc(Cl)c1. The highest BCUT2D eigenvalue weighted by Crippen LogP contribution is 2.28. The van der Waals surface area contributed by atoms with Gasteiger partial charge in [-0.25, -0.2) is 4.98 Å². The summed E-state index contributed by atoms with van der Waals surface area (Å²) >= 11 is 12.2. The van der Waals surface area contributed by atoms with E-state index in [1.807, 2.05) is 31.2 Å². The third-order valence-electron chi connectivity index (χ3n) is 2.96. The molecular weight excluding hydrogens is 279 g/mol. The number of anilines is 1. The summed E-state index contributed by atoms with van der Waals surface area (Å²) in [5, 5.41) is 4.66. The van der Waals surface area contributed by atoms with Gasteiger partial charge in [0.15, 0.2) is 5.15 Å². The Kier molecular flexibility index (Phi) is 4.67. The van der Waals surface area contributed by atoms with E-state index in [1.54, 1.807) is 6.20 Å². The Bertz CT molecular complexity index is 570. The lowest BCUT2D eigenvalue weighted by Gasteiger charge is -2.19. The highest BCUT2D eigenvalue weighted by Gasteiger charge is 2.12. The minimum Gasteiger partial charge on any atom is -0.376 e. The maximum Gasteiger partial charge on any atom is 0.152 e. The zero-order chi connectivity index (χ0) is 13.8. The zero-order valence-electron chi connectivity index (χ0n) is 11.0. The molecule has 4 heteroatoms. The lowest BCUT2D eigenvalue weighted by atomic mass is 10.0. The first kappa shape index (κ1) is 14.2. The van der Waals surface area contributed by atoms with Crippen LogP contribution in [0, 0.1) is 6.92 Å². The van der Waals surface area contributed by atoms with Crippen LogP contribution < -0.4 is 5.32 Å². The van der Waals surface area contributed by atoms with E-state index in [2.05, 4.69) is 23.3 Å². The molecule has 0 aliphatic rings. The average molecular weight is 295 g/mol. The zero-order valence-corrected chi connectivity index (χ0v) is 12.5. The fraction of sp³-hybridized carbons (Fsp3) is 0.267. The molecule has 2 rings (SSSR count). The van der Waals surface area contributed by atoms with Crippen molar-refractivity contribution in [2.75, 3.05) is 5.32 Å². The second kappa shape index (κ2) is 6.27. The van der Waals surface area contributed by atoms with Crippen molar-refractivity contribution in [1.29, 1.82) is 0 Å². The minimum absolute atomic E-state index is 0.166. The van der Waals surface area contributed by atoms with Crippen molar-refractivity contribution >= 4 is 28.9 Å². The maximum atomic E-state index is 6.12. The molecule has 0 aliphatic carbocycles. The molecule has 1 aromatic carbocycles. The summed E-state index contributed by atoms with van der Waals surface area (Å²) in [5.74, 6) is 0. The number of hydrogen-bond acceptors (Lipinski definition) is 2. The van der Waals surface area contributed by atoms with Crippen molar-refractivity contribution < 1.29 is 0 Å². The topological polar surface area (TPSA) is 24.9 Å². The van der Waals surface area contributed by atoms with Crippen molar-refractivity contribution in [2.45, 2.75) is 26.3 Å². The number of nitrogens with one attached hydrogen (secondary N) is 1. The van der Waals surface area contributed by atoms with Crippen LogP contribution in [0.5, 0.6) is 0 Å². The number of aromatic nitrogens is 1. The van der Waals surface area contributed by atoms with Gasteiger partial charge < -0.3 is 5.32 Å². The molecule has 100 valence electrons. The summed E-state index contributed by atoms with van der Waals surface area (Å²) in [6.45, 7) is 4.12. The smallest absolute Gasteiger partial charge is 0.152 e. The molecule has 0 radical (unpaired) electrons. The Labute approximate surface area is 123 Å². The first-order chi connectivity index (χ1) is 9.10. The van der Waals surface area contributed by atoms with Gasteiger partial charge >= 0.3 is 0 Å². The van der Waals surface area contributed by atoms with Crippen LogP contribution in [0.15, 0.2) is 36.5 Å². The quantitative estimate of drug-likeness (QED) is 0.778. The van der Waals surface area contributed by atoms with Crippen LogP contribution in [0.2, 0.25) is 10.2 Å². The van der Waals surface area contributed by atoms with E-state index < -0.39 is 0 Å². The first-order valence-corrected chi connectivity index (χ1v) is 7.00. The molecule has 0 spiro atoms. The monoisotopic (exact) mass is 294 g/mol. The fourth-order valence-corrected chi connectivity index (χ4v) is 2.34. The van der Waals surface area contributed by atoms with Crippen molar-refractivity contribution in [2.24, 2.45) is 0 Å². The van der Waals surface area contributed by atoms with Crippen molar-refractivity contribution in [3.05, 3.63) is 57.8 Å². The predicted molar refractivity (Wildman–Crippen MR) is 82.1 cm³/mol. The molecule has 0 bridgehead atoms. The Morgan fingerprint density at radius 2 is 2.05 bits per heavy atom. The molecule has 1 aromatic heterocycles. The van der Waals surface area contributed by atoms with Gasteiger partial charge in [-0.15, -0.1) is 0 Å². The Balaban J connectivity index is 2.26. The normalized spacial score (nSPS) is 12.2. The number of aryl methyl sites for hydroxylation is 1. The Morgan fingerprint density at radius 3 is 2.74 bits per heavy atom. The van der Waals surface area contributed by atoms with Crippen LogP contribution in [-0.4, -0.2) is 4.98 Å². The lowest BCUT2D eigenvalue weighted by molar-refractivity contribution is 0.748. The van der Waals surface area contributed by atoms with Crippen LogP contribution in [0.3, 0.4) is 0 Å². The summed E-state index contributed by atoms with van der Waals surface area (Å²) in [7, 11) is 0. The van der Waals surface area contributed by atoms with Crippen LogP contribution in [0.4, 0.5) is 5.69 Å². The van der Waals surface area contributed by atoms with Gasteiger partial charge in [0.05, 0.1) is 11.7 Å². The average Bonchev–Trinajstić information content (AvgIpc) is 2.39. The van der Waals surface area contributed by atoms with Gasteiger partial charge in [-0.3, -0.25) is 0 Å². The van der Waals surface area contributed by atoms with E-state index in [4.69, 9.17) is 23.2 Å². The standard InChI is InChI=1S/C15H16Cl2N2/c1-3-13(11-5-4-6-12(16)8-11)19-14-7-10(2)9-18-15(14)17/h4-9,13,19H,3H2,1-2H3. The van der Waals surface area contributed by atoms with Gasteiger partial charge in [0.2, 0.25) is 0 Å². The van der Waals surface area contributed by atoms with E-state index in [1.165, 1.54) is 0 Å². The van der Waals surface area contributed by atoms with Gasteiger partial charge in [-0.1, -0.05) is 42.3 Å². The number of hydrogen-bond donors (Lipinski definition) is 1. The van der Waals surface area contributed by atoms with E-state index >= 15 is 0 Å². The number of pyridine rings is 1. The van der Waals surface area contributed by atoms with Crippen LogP contribution in [0.1, 0.15) is 30.5 Å². The van der Waals surface area contributed by atoms with Crippen LogP contribution >= 0.6 is 23.2 Å². The van der Waals surface area contributed by atoms with Crippen LogP contribution in [0.25, 0.3) is 0 Å². The van der Waals surface area contributed by atoms with E-state index in [0.717, 1.165) is 28.3 Å².